The Kier molecular flexibility index (Phi) is 4.95. The summed E-state index contributed by atoms with van der Waals surface area (Å²) in [4.78, 5) is 4.53. The van der Waals surface area contributed by atoms with Crippen molar-refractivity contribution in [2.75, 3.05) is 0 Å². The molecule has 1 heterocycles. The molecule has 7 aromatic carbocycles. The van der Waals surface area contributed by atoms with Crippen LogP contribution in [0.5, 0.6) is 0 Å². The van der Waals surface area contributed by atoms with Gasteiger partial charge in [0.2, 0.25) is 0 Å². The van der Waals surface area contributed by atoms with E-state index in [1.807, 2.05) is 48.7 Å². The van der Waals surface area contributed by atoms with E-state index >= 15 is 0 Å². The Balaban J connectivity index is 1.36. The Morgan fingerprint density at radius 1 is 0.523 bits per heavy atom. The second kappa shape index (κ2) is 10.2. The summed E-state index contributed by atoms with van der Waals surface area (Å²) >= 11 is 0. The summed E-state index contributed by atoms with van der Waals surface area (Å²) in [7, 11) is 0. The van der Waals surface area contributed by atoms with Crippen LogP contribution >= 0.6 is 0 Å². The van der Waals surface area contributed by atoms with Crippen LogP contribution in [0.15, 0.2) is 146 Å². The van der Waals surface area contributed by atoms with E-state index in [1.54, 1.807) is 0 Å². The first-order valence-electron chi connectivity index (χ1n) is 17.5. The third-order valence-corrected chi connectivity index (χ3v) is 8.72. The van der Waals surface area contributed by atoms with E-state index in [4.69, 9.17) is 6.85 Å². The van der Waals surface area contributed by atoms with E-state index in [1.165, 1.54) is 32.5 Å². The predicted molar refractivity (Wildman–Crippen MR) is 188 cm³/mol. The third kappa shape index (κ3) is 4.44. The Bertz CT molecular complexity index is 2500. The molecule has 0 spiro atoms. The molecular weight excluding hydrogens is 530 g/mol. The first-order valence-corrected chi connectivity index (χ1v) is 15.0. The second-order valence-corrected chi connectivity index (χ2v) is 12.5. The zero-order valence-corrected chi connectivity index (χ0v) is 24.9. The SMILES string of the molecule is [2H]c1c([2H])c([2H])c(-c2ccc(-c3cc(-c4ccc(-c5ccccn5)cc4)c4ccc5cc(C(C)(C)C)cc6ccc3c4c56)cc2)c([2H])c1[2H]. The van der Waals surface area contributed by atoms with Gasteiger partial charge in [-0.1, -0.05) is 142 Å². The highest BCUT2D eigenvalue weighted by atomic mass is 14.7. The van der Waals surface area contributed by atoms with Gasteiger partial charge in [0.25, 0.3) is 0 Å². The monoisotopic (exact) mass is 568 g/mol. The Labute approximate surface area is 265 Å². The van der Waals surface area contributed by atoms with Gasteiger partial charge in [0, 0.05) is 11.8 Å². The summed E-state index contributed by atoms with van der Waals surface area (Å²) in [6, 6.07) is 36.6. The maximum atomic E-state index is 8.49. The zero-order chi connectivity index (χ0) is 34.2. The van der Waals surface area contributed by atoms with Crippen LogP contribution in [-0.2, 0) is 5.41 Å². The molecule has 0 amide bonds. The van der Waals surface area contributed by atoms with Gasteiger partial charge < -0.3 is 0 Å². The molecule has 44 heavy (non-hydrogen) atoms. The van der Waals surface area contributed by atoms with Crippen molar-refractivity contribution in [2.24, 2.45) is 0 Å². The lowest BCUT2D eigenvalue weighted by Crippen LogP contribution is -2.10. The normalized spacial score (nSPS) is 13.6. The lowest BCUT2D eigenvalue weighted by molar-refractivity contribution is 0.591. The van der Waals surface area contributed by atoms with E-state index in [9.17, 15) is 0 Å². The largest absolute Gasteiger partial charge is 0.256 e. The minimum absolute atomic E-state index is 0.0120. The highest BCUT2D eigenvalue weighted by Gasteiger charge is 2.20. The Morgan fingerprint density at radius 3 is 1.64 bits per heavy atom. The van der Waals surface area contributed by atoms with Crippen LogP contribution in [0.3, 0.4) is 0 Å². The molecule has 1 nitrogen and oxygen atoms in total. The number of hydrogen-bond donors (Lipinski definition) is 0. The predicted octanol–water partition coefficient (Wildman–Crippen LogP) is 11.9. The van der Waals surface area contributed by atoms with Crippen molar-refractivity contribution in [1.82, 2.24) is 4.98 Å². The van der Waals surface area contributed by atoms with E-state index in [0.717, 1.165) is 38.9 Å². The molecule has 0 saturated heterocycles. The molecule has 0 aliphatic rings. The van der Waals surface area contributed by atoms with Gasteiger partial charge in [-0.2, -0.15) is 0 Å². The van der Waals surface area contributed by atoms with Gasteiger partial charge in [0.15, 0.2) is 0 Å². The average Bonchev–Trinajstić information content (AvgIpc) is 3.12. The zero-order valence-electron chi connectivity index (χ0n) is 29.9. The van der Waals surface area contributed by atoms with Crippen molar-refractivity contribution in [2.45, 2.75) is 26.2 Å². The Morgan fingerprint density at radius 2 is 1.09 bits per heavy atom. The fourth-order valence-corrected chi connectivity index (χ4v) is 6.39. The summed E-state index contributed by atoms with van der Waals surface area (Å²) in [5.41, 5.74) is 8.36. The standard InChI is InChI=1S/C43H33N/c1-43(2,3)35-25-33-20-22-36-38(30-14-12-29(13-15-30)28-9-5-4-6-10-28)27-39(37-23-21-34(26-35)41(33)42(36)37)31-16-18-32(19-17-31)40-11-7-8-24-44-40/h4-27H,1-3H3/i4D,5D,6D,9D,10D. The molecule has 210 valence electrons. The van der Waals surface area contributed by atoms with E-state index in [2.05, 4.69) is 92.5 Å². The summed E-state index contributed by atoms with van der Waals surface area (Å²) in [6.07, 6.45) is 1.81. The van der Waals surface area contributed by atoms with Crippen molar-refractivity contribution in [3.63, 3.8) is 0 Å². The van der Waals surface area contributed by atoms with Crippen molar-refractivity contribution in [3.8, 4) is 44.6 Å². The van der Waals surface area contributed by atoms with Gasteiger partial charge in [0.05, 0.1) is 12.5 Å². The van der Waals surface area contributed by atoms with Gasteiger partial charge in [-0.05, 0) is 94.9 Å². The molecule has 1 heteroatoms. The van der Waals surface area contributed by atoms with E-state index in [0.29, 0.717) is 5.56 Å². The van der Waals surface area contributed by atoms with Gasteiger partial charge in [0.1, 0.15) is 0 Å². The molecule has 0 aliphatic heterocycles. The lowest BCUT2D eigenvalue weighted by Gasteiger charge is -2.23. The van der Waals surface area contributed by atoms with Gasteiger partial charge >= 0.3 is 0 Å². The summed E-state index contributed by atoms with van der Waals surface area (Å²) in [5.74, 6) is 0. The Hall–Kier alpha value is -5.27. The third-order valence-electron chi connectivity index (χ3n) is 8.72. The molecule has 0 N–H and O–H groups in total. The van der Waals surface area contributed by atoms with Crippen molar-refractivity contribution in [1.29, 1.82) is 0 Å². The number of benzene rings is 7. The van der Waals surface area contributed by atoms with Crippen molar-refractivity contribution < 1.29 is 6.85 Å². The van der Waals surface area contributed by atoms with Crippen molar-refractivity contribution >= 4 is 32.3 Å². The topological polar surface area (TPSA) is 12.9 Å². The first-order chi connectivity index (χ1) is 23.5. The molecule has 0 unspecified atom stereocenters. The van der Waals surface area contributed by atoms with Crippen LogP contribution in [0.25, 0.3) is 77.0 Å². The van der Waals surface area contributed by atoms with Crippen LogP contribution in [0.4, 0.5) is 0 Å². The second-order valence-electron chi connectivity index (χ2n) is 12.5. The molecular formula is C43H33N. The molecule has 0 radical (unpaired) electrons. The fraction of sp³-hybridized carbons (Fsp3) is 0.0930. The minimum Gasteiger partial charge on any atom is -0.256 e. The van der Waals surface area contributed by atoms with Gasteiger partial charge in [-0.25, -0.2) is 0 Å². The average molecular weight is 569 g/mol. The molecule has 0 fully saturated rings. The molecule has 1 aromatic heterocycles. The molecule has 0 saturated carbocycles. The lowest BCUT2D eigenvalue weighted by atomic mass is 9.81. The van der Waals surface area contributed by atoms with Crippen LogP contribution in [0.1, 0.15) is 33.2 Å². The molecule has 8 rings (SSSR count). The molecule has 8 aromatic rings. The smallest absolute Gasteiger partial charge is 0.0701 e. The summed E-state index contributed by atoms with van der Waals surface area (Å²) < 4.78 is 41.3. The first kappa shape index (κ1) is 21.4. The molecule has 0 aliphatic carbocycles. The summed E-state index contributed by atoms with van der Waals surface area (Å²) in [5, 5.41) is 7.21. The van der Waals surface area contributed by atoms with Crippen LogP contribution in [0.2, 0.25) is 0 Å². The highest BCUT2D eigenvalue weighted by molar-refractivity contribution is 6.28. The number of rotatable bonds is 4. The number of pyridine rings is 1. The number of nitrogens with zero attached hydrogens (tertiary/aromatic N) is 1. The highest BCUT2D eigenvalue weighted by Crippen LogP contribution is 2.45. The van der Waals surface area contributed by atoms with Crippen LogP contribution in [0, 0.1) is 0 Å². The maximum absolute atomic E-state index is 8.49. The van der Waals surface area contributed by atoms with Gasteiger partial charge in [-0.15, -0.1) is 0 Å². The maximum Gasteiger partial charge on any atom is 0.0701 e. The van der Waals surface area contributed by atoms with E-state index < -0.39 is 0 Å². The van der Waals surface area contributed by atoms with Crippen LogP contribution < -0.4 is 0 Å². The van der Waals surface area contributed by atoms with Crippen molar-refractivity contribution in [3.05, 3.63) is 151 Å². The fourth-order valence-electron chi connectivity index (χ4n) is 6.39. The van der Waals surface area contributed by atoms with Crippen LogP contribution in [-0.4, -0.2) is 4.98 Å². The quantitative estimate of drug-likeness (QED) is 0.192. The molecule has 0 atom stereocenters. The minimum atomic E-state index is -0.390. The summed E-state index contributed by atoms with van der Waals surface area (Å²) in [6.45, 7) is 6.75. The molecule has 0 bridgehead atoms. The van der Waals surface area contributed by atoms with Gasteiger partial charge in [-0.3, -0.25) is 4.98 Å². The number of hydrogen-bond acceptors (Lipinski definition) is 1. The van der Waals surface area contributed by atoms with E-state index in [-0.39, 0.29) is 41.2 Å². The number of aromatic nitrogens is 1.